The van der Waals surface area contributed by atoms with Crippen LogP contribution in [0.5, 0.6) is 0 Å². The molecule has 0 radical (unpaired) electrons. The van der Waals surface area contributed by atoms with Crippen LogP contribution in [0, 0.1) is 0 Å². The molecule has 59 heavy (non-hydrogen) atoms. The van der Waals surface area contributed by atoms with E-state index in [1.807, 2.05) is 0 Å². The van der Waals surface area contributed by atoms with Crippen LogP contribution in [0.4, 0.5) is 0 Å². The van der Waals surface area contributed by atoms with Crippen molar-refractivity contribution in [2.24, 2.45) is 0 Å². The third-order valence-corrected chi connectivity index (χ3v) is 12.8. The molecule has 0 fully saturated rings. The fraction of sp³-hybridized carbons (Fsp3) is 0.0179. The number of para-hydroxylation sites is 2. The van der Waals surface area contributed by atoms with Crippen LogP contribution < -0.4 is 0 Å². The topological polar surface area (TPSA) is 31.0 Å². The van der Waals surface area contributed by atoms with Crippen LogP contribution in [0.3, 0.4) is 0 Å². The molecule has 0 saturated heterocycles. The first-order valence-corrected chi connectivity index (χ1v) is 20.3. The van der Waals surface area contributed by atoms with E-state index in [0.29, 0.717) is 0 Å². The Bertz CT molecular complexity index is 3440. The lowest BCUT2D eigenvalue weighted by Gasteiger charge is -2.40. The average molecular weight is 751 g/mol. The Morgan fingerprint density at radius 1 is 0.390 bits per heavy atom. The lowest BCUT2D eigenvalue weighted by molar-refractivity contribution is 0.668. The van der Waals surface area contributed by atoms with Gasteiger partial charge in [-0.1, -0.05) is 170 Å². The Morgan fingerprint density at radius 3 is 1.73 bits per heavy atom. The van der Waals surface area contributed by atoms with E-state index in [9.17, 15) is 0 Å². The van der Waals surface area contributed by atoms with Crippen LogP contribution >= 0.6 is 0 Å². The summed E-state index contributed by atoms with van der Waals surface area (Å²) in [6.45, 7) is 0. The van der Waals surface area contributed by atoms with Crippen LogP contribution in [0.1, 0.15) is 22.3 Å². The number of aromatic nitrogens is 2. The van der Waals surface area contributed by atoms with Gasteiger partial charge >= 0.3 is 0 Å². The third-order valence-electron chi connectivity index (χ3n) is 12.8. The molecule has 13 rings (SSSR count). The standard InChI is InChI=1S/C56H34N2O/c1-4-17-35(18-5-1)53-54(36-19-6-2-7-20-36)58(37-21-8-3-9-22-37)55(57-53)43-32-31-42-44-34-51-45(40-25-12-15-30-50(40)59-51)33-49(44)56(48-29-16-26-41(43)52(42)48)46-27-13-10-23-38(46)39-24-11-14-28-47(39)56/h1-34H. The zero-order valence-corrected chi connectivity index (χ0v) is 31.9. The molecule has 0 atom stereocenters. The second kappa shape index (κ2) is 12.1. The van der Waals surface area contributed by atoms with Crippen LogP contribution in [0.15, 0.2) is 211 Å². The first kappa shape index (κ1) is 32.3. The van der Waals surface area contributed by atoms with Gasteiger partial charge in [0.1, 0.15) is 17.0 Å². The maximum atomic E-state index is 6.64. The van der Waals surface area contributed by atoms with Crippen molar-refractivity contribution in [2.45, 2.75) is 5.41 Å². The normalized spacial score (nSPS) is 13.2. The molecule has 9 aromatic carbocycles. The van der Waals surface area contributed by atoms with E-state index in [2.05, 4.69) is 211 Å². The number of hydrogen-bond donors (Lipinski definition) is 0. The molecular weight excluding hydrogens is 717 g/mol. The van der Waals surface area contributed by atoms with Gasteiger partial charge in [0.25, 0.3) is 0 Å². The van der Waals surface area contributed by atoms with Gasteiger partial charge in [-0.05, 0) is 91.7 Å². The second-order valence-electron chi connectivity index (χ2n) is 15.8. The molecule has 3 nitrogen and oxygen atoms in total. The Morgan fingerprint density at radius 2 is 0.983 bits per heavy atom. The van der Waals surface area contributed by atoms with Gasteiger partial charge in [-0.15, -0.1) is 0 Å². The van der Waals surface area contributed by atoms with E-state index in [0.717, 1.165) is 66.9 Å². The van der Waals surface area contributed by atoms with E-state index >= 15 is 0 Å². The molecule has 274 valence electrons. The van der Waals surface area contributed by atoms with Gasteiger partial charge in [0.2, 0.25) is 0 Å². The predicted molar refractivity (Wildman–Crippen MR) is 241 cm³/mol. The van der Waals surface area contributed by atoms with Crippen molar-refractivity contribution in [3.8, 4) is 61.8 Å². The fourth-order valence-electron chi connectivity index (χ4n) is 10.5. The van der Waals surface area contributed by atoms with Gasteiger partial charge < -0.3 is 4.42 Å². The molecule has 0 amide bonds. The molecule has 0 bridgehead atoms. The van der Waals surface area contributed by atoms with E-state index in [-0.39, 0.29) is 0 Å². The molecule has 2 heterocycles. The first-order valence-electron chi connectivity index (χ1n) is 20.3. The monoisotopic (exact) mass is 750 g/mol. The van der Waals surface area contributed by atoms with Crippen molar-refractivity contribution >= 4 is 32.7 Å². The number of hydrogen-bond acceptors (Lipinski definition) is 2. The van der Waals surface area contributed by atoms with Gasteiger partial charge in [0.05, 0.1) is 16.8 Å². The fourth-order valence-corrected chi connectivity index (χ4v) is 10.5. The van der Waals surface area contributed by atoms with Gasteiger partial charge in [-0.25, -0.2) is 4.98 Å². The van der Waals surface area contributed by atoms with E-state index < -0.39 is 5.41 Å². The smallest absolute Gasteiger partial charge is 0.146 e. The van der Waals surface area contributed by atoms with Crippen molar-refractivity contribution in [3.05, 3.63) is 229 Å². The molecule has 0 aliphatic heterocycles. The molecule has 0 unspecified atom stereocenters. The number of fused-ring (bicyclic) bond motifs is 12. The lowest BCUT2D eigenvalue weighted by atomic mass is 9.61. The zero-order valence-electron chi connectivity index (χ0n) is 31.9. The zero-order chi connectivity index (χ0) is 38.7. The summed E-state index contributed by atoms with van der Waals surface area (Å²) in [6, 6.07) is 74.8. The molecule has 11 aromatic rings. The number of nitrogens with zero attached hydrogens (tertiary/aromatic N) is 2. The number of benzene rings is 9. The Hall–Kier alpha value is -7.75. The van der Waals surface area contributed by atoms with Gasteiger partial charge in [0.15, 0.2) is 0 Å². The second-order valence-corrected chi connectivity index (χ2v) is 15.8. The van der Waals surface area contributed by atoms with Crippen LogP contribution in [0.2, 0.25) is 0 Å². The Labute approximate surface area is 341 Å². The summed E-state index contributed by atoms with van der Waals surface area (Å²) in [4.78, 5) is 5.68. The minimum atomic E-state index is -0.570. The molecule has 2 aliphatic carbocycles. The Balaban J connectivity index is 1.19. The van der Waals surface area contributed by atoms with Gasteiger partial charge in [-0.2, -0.15) is 0 Å². The maximum absolute atomic E-state index is 6.64. The van der Waals surface area contributed by atoms with Crippen molar-refractivity contribution in [1.29, 1.82) is 0 Å². The predicted octanol–water partition coefficient (Wildman–Crippen LogP) is 14.3. The van der Waals surface area contributed by atoms with Crippen LogP contribution in [-0.4, -0.2) is 9.55 Å². The molecule has 2 aliphatic rings. The van der Waals surface area contributed by atoms with Crippen molar-refractivity contribution in [2.75, 3.05) is 0 Å². The van der Waals surface area contributed by atoms with Crippen LogP contribution in [0.25, 0.3) is 94.6 Å². The van der Waals surface area contributed by atoms with E-state index in [1.165, 1.54) is 49.9 Å². The molecular formula is C56H34N2O. The summed E-state index contributed by atoms with van der Waals surface area (Å²) in [5.74, 6) is 0.900. The highest BCUT2D eigenvalue weighted by atomic mass is 16.3. The highest BCUT2D eigenvalue weighted by Crippen LogP contribution is 2.63. The molecule has 0 N–H and O–H groups in total. The molecule has 3 heteroatoms. The Kier molecular flexibility index (Phi) is 6.65. The van der Waals surface area contributed by atoms with Crippen molar-refractivity contribution in [3.63, 3.8) is 0 Å². The van der Waals surface area contributed by atoms with Gasteiger partial charge in [-0.3, -0.25) is 4.57 Å². The summed E-state index contributed by atoms with van der Waals surface area (Å²) in [5, 5.41) is 4.68. The molecule has 1 spiro atoms. The third kappa shape index (κ3) is 4.34. The van der Waals surface area contributed by atoms with E-state index in [1.54, 1.807) is 0 Å². The SMILES string of the molecule is c1ccc(-c2nc(-c3ccc4c5c(cccc35)C3(c5ccccc5-c5ccccc53)c3cc5c(cc3-4)oc3ccccc35)n(-c3ccccc3)c2-c2ccccc2)cc1. The summed E-state index contributed by atoms with van der Waals surface area (Å²) >= 11 is 0. The molecule has 0 saturated carbocycles. The van der Waals surface area contributed by atoms with Crippen molar-refractivity contribution < 1.29 is 4.42 Å². The number of furan rings is 1. The summed E-state index contributed by atoms with van der Waals surface area (Å²) < 4.78 is 9.00. The molecule has 2 aromatic heterocycles. The van der Waals surface area contributed by atoms with E-state index in [4.69, 9.17) is 9.40 Å². The minimum absolute atomic E-state index is 0.570. The summed E-state index contributed by atoms with van der Waals surface area (Å²) in [7, 11) is 0. The maximum Gasteiger partial charge on any atom is 0.146 e. The highest BCUT2D eigenvalue weighted by molar-refractivity contribution is 6.14. The highest BCUT2D eigenvalue weighted by Gasteiger charge is 2.50. The summed E-state index contributed by atoms with van der Waals surface area (Å²) in [5.41, 5.74) is 17.7. The number of imidazole rings is 1. The lowest BCUT2D eigenvalue weighted by Crippen LogP contribution is -2.31. The van der Waals surface area contributed by atoms with Crippen LogP contribution in [-0.2, 0) is 5.41 Å². The first-order chi connectivity index (χ1) is 29.3. The largest absolute Gasteiger partial charge is 0.456 e. The minimum Gasteiger partial charge on any atom is -0.456 e. The summed E-state index contributed by atoms with van der Waals surface area (Å²) in [6.07, 6.45) is 0. The van der Waals surface area contributed by atoms with Gasteiger partial charge in [0, 0.05) is 33.2 Å². The average Bonchev–Trinajstić information content (AvgIpc) is 3.97. The quantitative estimate of drug-likeness (QED) is 0.179. The van der Waals surface area contributed by atoms with Crippen molar-refractivity contribution in [1.82, 2.24) is 9.55 Å². The number of rotatable bonds is 4.